The van der Waals surface area contributed by atoms with Crippen molar-refractivity contribution in [3.63, 3.8) is 0 Å². The van der Waals surface area contributed by atoms with Gasteiger partial charge in [0, 0.05) is 5.56 Å². The van der Waals surface area contributed by atoms with Crippen molar-refractivity contribution in [1.82, 2.24) is 5.32 Å². The van der Waals surface area contributed by atoms with Gasteiger partial charge >= 0.3 is 0 Å². The van der Waals surface area contributed by atoms with Crippen LogP contribution in [0, 0.1) is 11.6 Å². The fraction of sp³-hybridized carbons (Fsp3) is 0.286. The number of furan rings is 1. The van der Waals surface area contributed by atoms with Crippen molar-refractivity contribution in [2.75, 3.05) is 6.54 Å². The summed E-state index contributed by atoms with van der Waals surface area (Å²) < 4.78 is 33.9. The summed E-state index contributed by atoms with van der Waals surface area (Å²) in [5.74, 6) is -0.703. The molecule has 0 amide bonds. The molecular formula is C14H14BrF2NO. The van der Waals surface area contributed by atoms with E-state index in [1.165, 1.54) is 24.5 Å². The minimum absolute atomic E-state index is 0.0217. The van der Waals surface area contributed by atoms with Crippen molar-refractivity contribution >= 4 is 15.9 Å². The van der Waals surface area contributed by atoms with E-state index in [1.807, 2.05) is 6.92 Å². The molecule has 102 valence electrons. The van der Waals surface area contributed by atoms with Gasteiger partial charge in [-0.25, -0.2) is 8.78 Å². The molecule has 1 aromatic heterocycles. The quantitative estimate of drug-likeness (QED) is 0.878. The average Bonchev–Trinajstić information content (AvgIpc) is 2.79. The molecule has 1 heterocycles. The van der Waals surface area contributed by atoms with Crippen molar-refractivity contribution < 1.29 is 13.2 Å². The Kier molecular flexibility index (Phi) is 4.71. The molecule has 1 aromatic carbocycles. The van der Waals surface area contributed by atoms with E-state index in [1.54, 1.807) is 6.07 Å². The molecule has 0 fully saturated rings. The highest BCUT2D eigenvalue weighted by atomic mass is 79.9. The van der Waals surface area contributed by atoms with E-state index in [0.29, 0.717) is 16.8 Å². The van der Waals surface area contributed by atoms with Gasteiger partial charge in [0.25, 0.3) is 0 Å². The maximum atomic E-state index is 13.9. The van der Waals surface area contributed by atoms with E-state index in [0.717, 1.165) is 6.42 Å². The monoisotopic (exact) mass is 329 g/mol. The predicted octanol–water partition coefficient (Wildman–Crippen LogP) is 4.41. The number of hydrogen-bond acceptors (Lipinski definition) is 2. The maximum Gasteiger partial charge on any atom is 0.139 e. The summed E-state index contributed by atoms with van der Waals surface area (Å²) >= 11 is 3.33. The Hall–Kier alpha value is -1.20. The Morgan fingerprint density at radius 1 is 1.26 bits per heavy atom. The largest absolute Gasteiger partial charge is 0.466 e. The summed E-state index contributed by atoms with van der Waals surface area (Å²) in [5, 5.41) is 3.11. The standard InChI is InChI=1S/C14H14BrF2NO/c1-2-7-18-13(14-9(15)6-8-19-14)12-10(16)4-3-5-11(12)17/h3-6,8,13,18H,2,7H2,1H3. The third-order valence-electron chi connectivity index (χ3n) is 2.79. The highest BCUT2D eigenvalue weighted by molar-refractivity contribution is 9.10. The summed E-state index contributed by atoms with van der Waals surface area (Å²) in [6.45, 7) is 2.62. The summed E-state index contributed by atoms with van der Waals surface area (Å²) in [7, 11) is 0. The Labute approximate surface area is 118 Å². The van der Waals surface area contributed by atoms with E-state index in [2.05, 4.69) is 21.2 Å². The van der Waals surface area contributed by atoms with Gasteiger partial charge in [-0.2, -0.15) is 0 Å². The molecule has 0 bridgehead atoms. The van der Waals surface area contributed by atoms with Gasteiger partial charge in [0.2, 0.25) is 0 Å². The van der Waals surface area contributed by atoms with Crippen LogP contribution in [0.4, 0.5) is 8.78 Å². The van der Waals surface area contributed by atoms with Crippen LogP contribution in [0.25, 0.3) is 0 Å². The lowest BCUT2D eigenvalue weighted by Gasteiger charge is -2.18. The molecule has 2 rings (SSSR count). The van der Waals surface area contributed by atoms with Crippen LogP contribution in [-0.4, -0.2) is 6.54 Å². The second-order valence-corrected chi connectivity index (χ2v) is 5.01. The molecule has 0 saturated heterocycles. The first kappa shape index (κ1) is 14.2. The summed E-state index contributed by atoms with van der Waals surface area (Å²) in [6.07, 6.45) is 2.34. The summed E-state index contributed by atoms with van der Waals surface area (Å²) in [4.78, 5) is 0. The molecule has 1 atom stereocenters. The van der Waals surface area contributed by atoms with E-state index in [9.17, 15) is 8.78 Å². The van der Waals surface area contributed by atoms with Gasteiger partial charge in [0.1, 0.15) is 17.4 Å². The lowest BCUT2D eigenvalue weighted by molar-refractivity contribution is 0.420. The lowest BCUT2D eigenvalue weighted by atomic mass is 10.0. The van der Waals surface area contributed by atoms with Gasteiger partial charge in [-0.3, -0.25) is 0 Å². The SMILES string of the molecule is CCCNC(c1occc1Br)c1c(F)cccc1F. The van der Waals surface area contributed by atoms with Crippen LogP contribution in [0.2, 0.25) is 0 Å². The number of nitrogens with one attached hydrogen (secondary N) is 1. The molecule has 1 unspecified atom stereocenters. The van der Waals surface area contributed by atoms with Gasteiger partial charge in [-0.15, -0.1) is 0 Å². The number of hydrogen-bond donors (Lipinski definition) is 1. The Bertz CT molecular complexity index is 536. The van der Waals surface area contributed by atoms with E-state index in [-0.39, 0.29) is 5.56 Å². The third kappa shape index (κ3) is 3.04. The minimum Gasteiger partial charge on any atom is -0.466 e. The summed E-state index contributed by atoms with van der Waals surface area (Å²) in [5.41, 5.74) is -0.0217. The van der Waals surface area contributed by atoms with Crippen LogP contribution < -0.4 is 5.32 Å². The minimum atomic E-state index is -0.648. The van der Waals surface area contributed by atoms with Crippen molar-refractivity contribution in [3.05, 3.63) is 58.0 Å². The highest BCUT2D eigenvalue weighted by Crippen LogP contribution is 2.32. The van der Waals surface area contributed by atoms with Crippen molar-refractivity contribution in [2.45, 2.75) is 19.4 Å². The number of benzene rings is 1. The van der Waals surface area contributed by atoms with Crippen LogP contribution in [0.1, 0.15) is 30.7 Å². The molecule has 0 aliphatic rings. The van der Waals surface area contributed by atoms with Crippen LogP contribution in [-0.2, 0) is 0 Å². The second kappa shape index (κ2) is 6.30. The molecule has 19 heavy (non-hydrogen) atoms. The molecule has 0 spiro atoms. The molecule has 5 heteroatoms. The van der Waals surface area contributed by atoms with Crippen molar-refractivity contribution in [3.8, 4) is 0 Å². The zero-order valence-corrected chi connectivity index (χ0v) is 12.0. The van der Waals surface area contributed by atoms with E-state index in [4.69, 9.17) is 4.42 Å². The zero-order valence-electron chi connectivity index (χ0n) is 10.4. The number of halogens is 3. The van der Waals surface area contributed by atoms with Gasteiger partial charge in [-0.05, 0) is 47.1 Å². The molecule has 0 saturated carbocycles. The average molecular weight is 330 g/mol. The number of rotatable bonds is 5. The first-order valence-corrected chi connectivity index (χ1v) is 6.84. The zero-order chi connectivity index (χ0) is 13.8. The van der Waals surface area contributed by atoms with Crippen LogP contribution in [0.15, 0.2) is 39.4 Å². The fourth-order valence-corrected chi connectivity index (χ4v) is 2.34. The molecule has 2 aromatic rings. The van der Waals surface area contributed by atoms with Crippen LogP contribution in [0.5, 0.6) is 0 Å². The fourth-order valence-electron chi connectivity index (χ4n) is 1.91. The lowest BCUT2D eigenvalue weighted by Crippen LogP contribution is -2.25. The van der Waals surface area contributed by atoms with Crippen molar-refractivity contribution in [1.29, 1.82) is 0 Å². The normalized spacial score (nSPS) is 12.6. The molecular weight excluding hydrogens is 316 g/mol. The van der Waals surface area contributed by atoms with Crippen molar-refractivity contribution in [2.24, 2.45) is 0 Å². The van der Waals surface area contributed by atoms with Crippen LogP contribution in [0.3, 0.4) is 0 Å². The first-order valence-electron chi connectivity index (χ1n) is 6.05. The molecule has 0 aliphatic carbocycles. The van der Waals surface area contributed by atoms with Gasteiger partial charge in [-0.1, -0.05) is 13.0 Å². The second-order valence-electron chi connectivity index (χ2n) is 4.16. The van der Waals surface area contributed by atoms with Crippen LogP contribution >= 0.6 is 15.9 Å². The van der Waals surface area contributed by atoms with Gasteiger partial charge in [0.05, 0.1) is 16.8 Å². The maximum absolute atomic E-state index is 13.9. The topological polar surface area (TPSA) is 25.2 Å². The predicted molar refractivity (Wildman–Crippen MR) is 72.9 cm³/mol. The van der Waals surface area contributed by atoms with Gasteiger partial charge < -0.3 is 9.73 Å². The smallest absolute Gasteiger partial charge is 0.139 e. The Morgan fingerprint density at radius 2 is 1.95 bits per heavy atom. The highest BCUT2D eigenvalue weighted by Gasteiger charge is 2.25. The third-order valence-corrected chi connectivity index (χ3v) is 3.45. The van der Waals surface area contributed by atoms with Gasteiger partial charge in [0.15, 0.2) is 0 Å². The Balaban J connectivity index is 2.46. The molecule has 1 N–H and O–H groups in total. The van der Waals surface area contributed by atoms with E-state index < -0.39 is 17.7 Å². The molecule has 0 aliphatic heterocycles. The summed E-state index contributed by atoms with van der Waals surface area (Å²) in [6, 6.07) is 4.90. The van der Waals surface area contributed by atoms with E-state index >= 15 is 0 Å². The Morgan fingerprint density at radius 3 is 2.47 bits per heavy atom. The molecule has 2 nitrogen and oxygen atoms in total. The molecule has 0 radical (unpaired) electrons. The first-order chi connectivity index (χ1) is 9.15.